The van der Waals surface area contributed by atoms with Crippen LogP contribution in [-0.4, -0.2) is 9.97 Å². The van der Waals surface area contributed by atoms with E-state index < -0.39 is 0 Å². The molecular formula is C72H46N2S3. The van der Waals surface area contributed by atoms with Crippen molar-refractivity contribution < 1.29 is 0 Å². The molecule has 2 aliphatic carbocycles. The number of aromatic nitrogens is 2. The summed E-state index contributed by atoms with van der Waals surface area (Å²) < 4.78 is 5.25. The van der Waals surface area contributed by atoms with Crippen molar-refractivity contribution in [2.24, 2.45) is 0 Å². The standard InChI is InChI=1S/C72H46N2S3/c1-71(2)55-21-9-5-17-47(55)63-49(19-13-23-57(63)71)69-67-68(70(77-69)50-20-14-24-58-64(50)48-18-6-10-22-56(48)72(58,3)4)74-66-46-32-28-40(42-30-34-62-54(38-42)44-16-8-12-26-60(44)76-62)36-52(46)51-35-39(27-31-45(51)65(66)73-67)41-29-33-61-53(37-41)43-15-7-11-25-59(43)75-61/h5-38H,1-4H3. The van der Waals surface area contributed by atoms with Crippen LogP contribution < -0.4 is 0 Å². The van der Waals surface area contributed by atoms with Crippen LogP contribution in [0.5, 0.6) is 0 Å². The molecule has 0 saturated heterocycles. The highest BCUT2D eigenvalue weighted by atomic mass is 32.1. The second-order valence-electron chi connectivity index (χ2n) is 22.3. The molecule has 0 bridgehead atoms. The molecule has 362 valence electrons. The topological polar surface area (TPSA) is 25.8 Å². The molecule has 11 aromatic carbocycles. The number of hydrogen-bond donors (Lipinski definition) is 0. The largest absolute Gasteiger partial charge is 0.242 e. The molecule has 2 nitrogen and oxygen atoms in total. The molecule has 0 unspecified atom stereocenters. The number of thiophene rings is 3. The van der Waals surface area contributed by atoms with Gasteiger partial charge in [0.05, 0.1) is 20.8 Å². The quantitative estimate of drug-likeness (QED) is 0.164. The van der Waals surface area contributed by atoms with E-state index in [0.717, 1.165) is 42.6 Å². The molecule has 0 N–H and O–H groups in total. The Bertz CT molecular complexity index is 4800. The van der Waals surface area contributed by atoms with Crippen molar-refractivity contribution >= 4 is 118 Å². The van der Waals surface area contributed by atoms with Crippen molar-refractivity contribution in [1.29, 1.82) is 0 Å². The van der Waals surface area contributed by atoms with E-state index in [2.05, 4.69) is 234 Å². The Morgan fingerprint density at radius 1 is 0.273 bits per heavy atom. The van der Waals surface area contributed by atoms with E-state index in [1.807, 2.05) is 34.0 Å². The fraction of sp³-hybridized carbons (Fsp3) is 0.0833. The molecule has 0 saturated carbocycles. The molecule has 0 aliphatic heterocycles. The second kappa shape index (κ2) is 15.6. The van der Waals surface area contributed by atoms with Crippen LogP contribution in [0.1, 0.15) is 49.9 Å². The number of rotatable bonds is 4. The van der Waals surface area contributed by atoms with Crippen LogP contribution in [0.4, 0.5) is 0 Å². The van der Waals surface area contributed by atoms with E-state index in [1.54, 1.807) is 0 Å². The van der Waals surface area contributed by atoms with Gasteiger partial charge in [0.25, 0.3) is 0 Å². The number of hydrogen-bond acceptors (Lipinski definition) is 5. The summed E-state index contributed by atoms with van der Waals surface area (Å²) in [5.41, 5.74) is 21.3. The number of nitrogens with zero attached hydrogens (tertiary/aromatic N) is 2. The predicted octanol–water partition coefficient (Wildman–Crippen LogP) is 21.2. The zero-order valence-corrected chi connectivity index (χ0v) is 45.2. The first-order valence-electron chi connectivity index (χ1n) is 26.6. The van der Waals surface area contributed by atoms with E-state index >= 15 is 0 Å². The highest BCUT2D eigenvalue weighted by Crippen LogP contribution is 2.58. The highest BCUT2D eigenvalue weighted by molar-refractivity contribution is 7.26. The SMILES string of the molecule is CC1(C)c2ccccc2-c2c(-c3sc(-c4cccc5c4-c4ccccc4C5(C)C)c4nc5c6ccc(-c7ccc8sc9ccccc9c8c7)cc6c6cc(-c7ccc8sc9ccccc9c8c7)ccc6c5nc34)cccc21. The number of fused-ring (bicyclic) bond motifs is 19. The minimum Gasteiger partial charge on any atom is -0.242 e. The molecule has 4 aromatic heterocycles. The van der Waals surface area contributed by atoms with Crippen molar-refractivity contribution in [1.82, 2.24) is 9.97 Å². The fourth-order valence-electron chi connectivity index (χ4n) is 13.7. The van der Waals surface area contributed by atoms with Gasteiger partial charge in [-0.3, -0.25) is 0 Å². The first kappa shape index (κ1) is 43.9. The summed E-state index contributed by atoms with van der Waals surface area (Å²) in [4.78, 5) is 14.4. The van der Waals surface area contributed by atoms with Gasteiger partial charge >= 0.3 is 0 Å². The summed E-state index contributed by atoms with van der Waals surface area (Å²) in [5.74, 6) is 0. The first-order valence-corrected chi connectivity index (χ1v) is 29.1. The van der Waals surface area contributed by atoms with Crippen LogP contribution in [0.2, 0.25) is 0 Å². The Labute approximate surface area is 457 Å². The van der Waals surface area contributed by atoms with Crippen LogP contribution in [0, 0.1) is 0 Å². The molecule has 5 heteroatoms. The average molecular weight is 1040 g/mol. The maximum absolute atomic E-state index is 6.02. The lowest BCUT2D eigenvalue weighted by atomic mass is 9.82. The Kier molecular flexibility index (Phi) is 8.92. The monoisotopic (exact) mass is 1030 g/mol. The molecular weight excluding hydrogens is 989 g/mol. The Morgan fingerprint density at radius 2 is 0.636 bits per heavy atom. The van der Waals surface area contributed by atoms with Gasteiger partial charge in [-0.2, -0.15) is 0 Å². The second-order valence-corrected chi connectivity index (χ2v) is 25.5. The fourth-order valence-corrected chi connectivity index (χ4v) is 17.1. The van der Waals surface area contributed by atoms with Gasteiger partial charge in [0.1, 0.15) is 11.0 Å². The summed E-state index contributed by atoms with van der Waals surface area (Å²) in [6, 6.07) is 77.6. The third kappa shape index (κ3) is 6.05. The van der Waals surface area contributed by atoms with Crippen molar-refractivity contribution in [2.45, 2.75) is 38.5 Å². The number of benzene rings is 11. The molecule has 2 aliphatic rings. The maximum Gasteiger partial charge on any atom is 0.109 e. The highest BCUT2D eigenvalue weighted by Gasteiger charge is 2.39. The molecule has 0 atom stereocenters. The van der Waals surface area contributed by atoms with E-state index in [-0.39, 0.29) is 10.8 Å². The maximum atomic E-state index is 6.02. The molecule has 17 rings (SSSR count). The third-order valence-corrected chi connectivity index (χ3v) is 21.0. The first-order chi connectivity index (χ1) is 37.7. The van der Waals surface area contributed by atoms with Crippen LogP contribution in [0.15, 0.2) is 206 Å². The van der Waals surface area contributed by atoms with E-state index in [0.29, 0.717) is 0 Å². The van der Waals surface area contributed by atoms with Crippen molar-refractivity contribution in [3.05, 3.63) is 229 Å². The average Bonchev–Trinajstić information content (AvgIpc) is 4.44. The molecule has 0 fully saturated rings. The normalized spacial score (nSPS) is 14.2. The van der Waals surface area contributed by atoms with Gasteiger partial charge in [0, 0.05) is 73.1 Å². The van der Waals surface area contributed by atoms with Gasteiger partial charge in [-0.1, -0.05) is 185 Å². The van der Waals surface area contributed by atoms with Crippen LogP contribution >= 0.6 is 34.0 Å². The van der Waals surface area contributed by atoms with Gasteiger partial charge < -0.3 is 0 Å². The van der Waals surface area contributed by atoms with E-state index in [1.165, 1.54) is 129 Å². The lowest BCUT2D eigenvalue weighted by Gasteiger charge is -2.21. The summed E-state index contributed by atoms with van der Waals surface area (Å²) >= 11 is 5.59. The zero-order valence-electron chi connectivity index (χ0n) is 42.7. The van der Waals surface area contributed by atoms with Crippen LogP contribution in [0.3, 0.4) is 0 Å². The summed E-state index contributed by atoms with van der Waals surface area (Å²) in [6.07, 6.45) is 0. The van der Waals surface area contributed by atoms with Crippen molar-refractivity contribution in [3.63, 3.8) is 0 Å². The minimum atomic E-state index is -0.151. The molecule has 0 radical (unpaired) electrons. The Morgan fingerprint density at radius 3 is 1.10 bits per heavy atom. The van der Waals surface area contributed by atoms with Gasteiger partial charge in [-0.15, -0.1) is 34.0 Å². The van der Waals surface area contributed by atoms with Crippen LogP contribution in [0.25, 0.3) is 149 Å². The van der Waals surface area contributed by atoms with Gasteiger partial charge in [0.15, 0.2) is 0 Å². The van der Waals surface area contributed by atoms with E-state index in [9.17, 15) is 0 Å². The minimum absolute atomic E-state index is 0.151. The zero-order chi connectivity index (χ0) is 51.1. The smallest absolute Gasteiger partial charge is 0.109 e. The predicted molar refractivity (Wildman–Crippen MR) is 333 cm³/mol. The lowest BCUT2D eigenvalue weighted by Crippen LogP contribution is -2.14. The summed E-state index contributed by atoms with van der Waals surface area (Å²) in [5, 5.41) is 9.76. The third-order valence-electron chi connectivity index (χ3n) is 17.5. The summed E-state index contributed by atoms with van der Waals surface area (Å²) in [7, 11) is 0. The van der Waals surface area contributed by atoms with Crippen LogP contribution in [-0.2, 0) is 10.8 Å². The van der Waals surface area contributed by atoms with Gasteiger partial charge in [-0.25, -0.2) is 9.97 Å². The van der Waals surface area contributed by atoms with Gasteiger partial charge in [0.2, 0.25) is 0 Å². The molecule has 77 heavy (non-hydrogen) atoms. The van der Waals surface area contributed by atoms with Crippen molar-refractivity contribution in [3.8, 4) is 65.4 Å². The van der Waals surface area contributed by atoms with E-state index in [4.69, 9.17) is 9.97 Å². The Hall–Kier alpha value is -8.32. The summed E-state index contributed by atoms with van der Waals surface area (Å²) in [6.45, 7) is 9.50. The van der Waals surface area contributed by atoms with Gasteiger partial charge in [-0.05, 0) is 126 Å². The molecule has 0 amide bonds. The molecule has 15 aromatic rings. The lowest BCUT2D eigenvalue weighted by molar-refractivity contribution is 0.660. The van der Waals surface area contributed by atoms with Crippen molar-refractivity contribution in [2.75, 3.05) is 0 Å². The molecule has 4 heterocycles. The Balaban J connectivity index is 0.975. The molecule has 0 spiro atoms.